The summed E-state index contributed by atoms with van der Waals surface area (Å²) in [5, 5.41) is 3.67. The van der Waals surface area contributed by atoms with Crippen LogP contribution < -0.4 is 10.2 Å². The topological polar surface area (TPSA) is 15.3 Å². The van der Waals surface area contributed by atoms with Crippen LogP contribution in [0.4, 0.5) is 5.69 Å². The average Bonchev–Trinajstić information content (AvgIpc) is 2.75. The molecule has 0 bridgehead atoms. The zero-order valence-electron chi connectivity index (χ0n) is 10.9. The molecule has 1 saturated carbocycles. The summed E-state index contributed by atoms with van der Waals surface area (Å²) in [6.07, 6.45) is 4.08. The van der Waals surface area contributed by atoms with Gasteiger partial charge in [0, 0.05) is 30.9 Å². The third-order valence-electron chi connectivity index (χ3n) is 4.18. The van der Waals surface area contributed by atoms with E-state index in [4.69, 9.17) is 0 Å². The van der Waals surface area contributed by atoms with Gasteiger partial charge in [0.25, 0.3) is 0 Å². The molecule has 0 unspecified atom stereocenters. The number of hydrogen-bond donors (Lipinski definition) is 1. The van der Waals surface area contributed by atoms with Gasteiger partial charge >= 0.3 is 0 Å². The van der Waals surface area contributed by atoms with E-state index in [9.17, 15) is 0 Å². The van der Waals surface area contributed by atoms with E-state index in [1.807, 2.05) is 0 Å². The Morgan fingerprint density at radius 2 is 1.88 bits per heavy atom. The van der Waals surface area contributed by atoms with E-state index < -0.39 is 0 Å². The largest absolute Gasteiger partial charge is 0.366 e. The number of benzene rings is 1. The molecule has 2 atom stereocenters. The molecule has 1 heterocycles. The molecule has 0 radical (unpaired) electrons. The highest BCUT2D eigenvalue weighted by atomic mass is 15.2. The Morgan fingerprint density at radius 3 is 2.65 bits per heavy atom. The van der Waals surface area contributed by atoms with Gasteiger partial charge in [-0.2, -0.15) is 0 Å². The number of fused-ring (bicyclic) bond motifs is 1. The summed E-state index contributed by atoms with van der Waals surface area (Å²) >= 11 is 0. The first-order valence-corrected chi connectivity index (χ1v) is 6.82. The van der Waals surface area contributed by atoms with Gasteiger partial charge in [-0.25, -0.2) is 0 Å². The first-order chi connectivity index (χ1) is 8.24. The highest BCUT2D eigenvalue weighted by molar-refractivity contribution is 5.52. The van der Waals surface area contributed by atoms with Crippen molar-refractivity contribution in [2.45, 2.75) is 45.2 Å². The van der Waals surface area contributed by atoms with Gasteiger partial charge in [0.2, 0.25) is 0 Å². The van der Waals surface area contributed by atoms with Gasteiger partial charge in [0.05, 0.1) is 0 Å². The highest BCUT2D eigenvalue weighted by Crippen LogP contribution is 2.31. The molecule has 1 saturated heterocycles. The second-order valence-electron chi connectivity index (χ2n) is 5.60. The molecule has 92 valence electrons. The van der Waals surface area contributed by atoms with Gasteiger partial charge in [0.15, 0.2) is 0 Å². The van der Waals surface area contributed by atoms with Crippen molar-refractivity contribution in [3.63, 3.8) is 0 Å². The van der Waals surface area contributed by atoms with E-state index in [2.05, 4.69) is 42.3 Å². The number of nitrogens with zero attached hydrogens (tertiary/aromatic N) is 1. The molecule has 1 N–H and O–H groups in total. The molecular formula is C15H22N2. The minimum Gasteiger partial charge on any atom is -0.366 e. The second-order valence-corrected chi connectivity index (χ2v) is 5.60. The Hall–Kier alpha value is -1.02. The lowest BCUT2D eigenvalue weighted by Gasteiger charge is -2.40. The molecule has 1 aromatic rings. The van der Waals surface area contributed by atoms with E-state index in [0.717, 1.165) is 25.2 Å². The van der Waals surface area contributed by atoms with E-state index in [1.54, 1.807) is 0 Å². The number of aryl methyl sites for hydroxylation is 2. The zero-order chi connectivity index (χ0) is 11.8. The number of nitrogens with one attached hydrogen (secondary N) is 1. The molecule has 3 rings (SSSR count). The molecule has 1 aliphatic carbocycles. The molecule has 0 amide bonds. The van der Waals surface area contributed by atoms with Crippen molar-refractivity contribution in [1.29, 1.82) is 0 Å². The second kappa shape index (κ2) is 4.34. The molecular weight excluding hydrogens is 208 g/mol. The Morgan fingerprint density at radius 1 is 1.12 bits per heavy atom. The van der Waals surface area contributed by atoms with Gasteiger partial charge in [-0.15, -0.1) is 0 Å². The lowest BCUT2D eigenvalue weighted by atomic mass is 10.0. The van der Waals surface area contributed by atoms with E-state index in [-0.39, 0.29) is 0 Å². The Kier molecular flexibility index (Phi) is 2.83. The predicted molar refractivity (Wildman–Crippen MR) is 72.7 cm³/mol. The molecule has 2 fully saturated rings. The van der Waals surface area contributed by atoms with E-state index in [1.165, 1.54) is 36.1 Å². The maximum absolute atomic E-state index is 3.67. The maximum Gasteiger partial charge on any atom is 0.0443 e. The monoisotopic (exact) mass is 230 g/mol. The fourth-order valence-electron chi connectivity index (χ4n) is 3.52. The summed E-state index contributed by atoms with van der Waals surface area (Å²) in [4.78, 5) is 2.63. The Bertz CT molecular complexity index is 393. The first kappa shape index (κ1) is 11.1. The van der Waals surface area contributed by atoms with Gasteiger partial charge in [-0.05, 0) is 56.4 Å². The quantitative estimate of drug-likeness (QED) is 0.798. The molecule has 1 aliphatic heterocycles. The van der Waals surface area contributed by atoms with Crippen molar-refractivity contribution in [1.82, 2.24) is 5.32 Å². The summed E-state index contributed by atoms with van der Waals surface area (Å²) in [6.45, 7) is 6.69. The lowest BCUT2D eigenvalue weighted by molar-refractivity contribution is 0.404. The minimum atomic E-state index is 0.726. The van der Waals surface area contributed by atoms with Crippen LogP contribution in [-0.4, -0.2) is 25.2 Å². The van der Waals surface area contributed by atoms with Gasteiger partial charge in [-0.1, -0.05) is 6.07 Å². The Labute approximate surface area is 104 Å². The smallest absolute Gasteiger partial charge is 0.0443 e. The third kappa shape index (κ3) is 2.06. The van der Waals surface area contributed by atoms with Gasteiger partial charge < -0.3 is 10.2 Å². The van der Waals surface area contributed by atoms with Gasteiger partial charge in [-0.3, -0.25) is 0 Å². The van der Waals surface area contributed by atoms with Crippen LogP contribution >= 0.6 is 0 Å². The highest BCUT2D eigenvalue weighted by Gasteiger charge is 2.34. The molecule has 0 spiro atoms. The number of hydrogen-bond acceptors (Lipinski definition) is 2. The van der Waals surface area contributed by atoms with Crippen LogP contribution in [0.2, 0.25) is 0 Å². The van der Waals surface area contributed by atoms with Crippen molar-refractivity contribution in [2.75, 3.05) is 18.0 Å². The molecule has 2 nitrogen and oxygen atoms in total. The first-order valence-electron chi connectivity index (χ1n) is 6.82. The predicted octanol–water partition coefficient (Wildman–Crippen LogP) is 2.63. The summed E-state index contributed by atoms with van der Waals surface area (Å²) in [5.41, 5.74) is 4.20. The lowest BCUT2D eigenvalue weighted by Crippen LogP contribution is -2.55. The summed E-state index contributed by atoms with van der Waals surface area (Å²) in [7, 11) is 0. The standard InChI is InChI=1S/C15H22N2/c1-11-8-12(2)10-13(9-11)17-7-6-16-14-4-3-5-15(14)17/h8-10,14-16H,3-7H2,1-2H3/t14-,15+/m0/s1. The summed E-state index contributed by atoms with van der Waals surface area (Å²) in [5.74, 6) is 0. The third-order valence-corrected chi connectivity index (χ3v) is 4.18. The van der Waals surface area contributed by atoms with E-state index >= 15 is 0 Å². The van der Waals surface area contributed by atoms with Crippen molar-refractivity contribution in [3.05, 3.63) is 29.3 Å². The molecule has 0 aromatic heterocycles. The van der Waals surface area contributed by atoms with E-state index in [0.29, 0.717) is 0 Å². The molecule has 1 aromatic carbocycles. The van der Waals surface area contributed by atoms with Crippen LogP contribution in [0.1, 0.15) is 30.4 Å². The SMILES string of the molecule is Cc1cc(C)cc(N2CCN[C@H]3CCC[C@H]32)c1. The van der Waals surface area contributed by atoms with Crippen molar-refractivity contribution < 1.29 is 0 Å². The fourth-order valence-corrected chi connectivity index (χ4v) is 3.52. The van der Waals surface area contributed by atoms with Crippen LogP contribution in [0.3, 0.4) is 0 Å². The van der Waals surface area contributed by atoms with Crippen molar-refractivity contribution in [3.8, 4) is 0 Å². The van der Waals surface area contributed by atoms with Gasteiger partial charge in [0.1, 0.15) is 0 Å². The molecule has 2 heteroatoms. The normalized spacial score (nSPS) is 28.2. The van der Waals surface area contributed by atoms with Crippen LogP contribution in [0.15, 0.2) is 18.2 Å². The van der Waals surface area contributed by atoms with Crippen molar-refractivity contribution in [2.24, 2.45) is 0 Å². The van der Waals surface area contributed by atoms with Crippen LogP contribution in [0.25, 0.3) is 0 Å². The summed E-state index contributed by atoms with van der Waals surface area (Å²) < 4.78 is 0. The van der Waals surface area contributed by atoms with Crippen LogP contribution in [0, 0.1) is 13.8 Å². The fraction of sp³-hybridized carbons (Fsp3) is 0.600. The van der Waals surface area contributed by atoms with Crippen LogP contribution in [0.5, 0.6) is 0 Å². The number of piperazine rings is 1. The number of anilines is 1. The molecule has 2 aliphatic rings. The number of rotatable bonds is 1. The van der Waals surface area contributed by atoms with Crippen molar-refractivity contribution >= 4 is 5.69 Å². The Balaban J connectivity index is 1.91. The summed E-state index contributed by atoms with van der Waals surface area (Å²) in [6, 6.07) is 8.40. The zero-order valence-corrected chi connectivity index (χ0v) is 10.9. The molecule has 17 heavy (non-hydrogen) atoms. The average molecular weight is 230 g/mol. The van der Waals surface area contributed by atoms with Crippen LogP contribution in [-0.2, 0) is 0 Å². The maximum atomic E-state index is 3.67. The minimum absolute atomic E-state index is 0.726.